The van der Waals surface area contributed by atoms with E-state index < -0.39 is 10.0 Å². The van der Waals surface area contributed by atoms with Gasteiger partial charge in [-0.05, 0) is 79.8 Å². The number of nitrogens with zero attached hydrogens (tertiary/aromatic N) is 1. The lowest BCUT2D eigenvalue weighted by atomic mass is 10.0. The van der Waals surface area contributed by atoms with Gasteiger partial charge in [-0.2, -0.15) is 4.31 Å². The summed E-state index contributed by atoms with van der Waals surface area (Å²) in [4.78, 5) is 13.1. The molecular weight excluding hydrogens is 432 g/mol. The van der Waals surface area contributed by atoms with Crippen LogP contribution >= 0.6 is 11.6 Å². The Kier molecular flexibility index (Phi) is 6.42. The molecule has 5 nitrogen and oxygen atoms in total. The molecule has 0 saturated carbocycles. The van der Waals surface area contributed by atoms with E-state index in [2.05, 4.69) is 30.4 Å². The van der Waals surface area contributed by atoms with Gasteiger partial charge >= 0.3 is 0 Å². The van der Waals surface area contributed by atoms with Crippen molar-refractivity contribution in [2.45, 2.75) is 56.9 Å². The quantitative estimate of drug-likeness (QED) is 0.700. The molecule has 2 aliphatic rings. The van der Waals surface area contributed by atoms with Crippen LogP contribution in [0.2, 0.25) is 5.02 Å². The number of fused-ring (bicyclic) bond motifs is 1. The van der Waals surface area contributed by atoms with Gasteiger partial charge in [0.15, 0.2) is 0 Å². The van der Waals surface area contributed by atoms with Gasteiger partial charge in [-0.25, -0.2) is 8.42 Å². The number of aryl methyl sites for hydroxylation is 2. The summed E-state index contributed by atoms with van der Waals surface area (Å²) in [5.74, 6) is 0.154. The van der Waals surface area contributed by atoms with E-state index in [1.165, 1.54) is 40.1 Å². The van der Waals surface area contributed by atoms with Crippen molar-refractivity contribution >= 4 is 27.5 Å². The predicted molar refractivity (Wildman–Crippen MR) is 123 cm³/mol. The Morgan fingerprint density at radius 1 is 1.10 bits per heavy atom. The highest BCUT2D eigenvalue weighted by atomic mass is 35.5. The smallest absolute Gasteiger partial charge is 0.253 e. The monoisotopic (exact) mass is 460 g/mol. The molecule has 1 N–H and O–H groups in total. The minimum Gasteiger partial charge on any atom is -0.345 e. The number of carbonyl (C=O) groups excluding carboxylic acids is 1. The van der Waals surface area contributed by atoms with Crippen molar-refractivity contribution in [1.82, 2.24) is 9.62 Å². The van der Waals surface area contributed by atoms with Crippen LogP contribution < -0.4 is 5.32 Å². The molecule has 166 valence electrons. The topological polar surface area (TPSA) is 66.5 Å². The Balaban J connectivity index is 1.53. The normalized spacial score (nSPS) is 18.5. The van der Waals surface area contributed by atoms with E-state index in [-0.39, 0.29) is 27.4 Å². The fourth-order valence-corrected chi connectivity index (χ4v) is 6.13. The van der Waals surface area contributed by atoms with Gasteiger partial charge < -0.3 is 5.32 Å². The van der Waals surface area contributed by atoms with Crippen molar-refractivity contribution in [3.63, 3.8) is 0 Å². The maximum absolute atomic E-state index is 13.1. The molecule has 1 atom stereocenters. The number of rotatable bonds is 5. The van der Waals surface area contributed by atoms with Crippen molar-refractivity contribution in [1.29, 1.82) is 0 Å². The fourth-order valence-electron chi connectivity index (χ4n) is 4.43. The molecule has 1 heterocycles. The van der Waals surface area contributed by atoms with E-state index in [9.17, 15) is 13.2 Å². The number of nitrogens with one attached hydrogen (secondary N) is 1. The zero-order valence-electron chi connectivity index (χ0n) is 18.0. The Hall–Kier alpha value is -1.89. The standard InChI is InChI=1S/C24H29ClN2O3S/c1-16-10-12-27(13-11-16)31(29,30)21-8-9-23(25)22(15-21)24(28)26-17(2)19-7-6-18-4-3-5-20(18)14-19/h6-9,14-17H,3-5,10-13H2,1-2H3,(H,26,28)/t17-/m1/s1. The van der Waals surface area contributed by atoms with Gasteiger partial charge in [-0.3, -0.25) is 4.79 Å². The third-order valence-corrected chi connectivity index (χ3v) is 8.76. The zero-order chi connectivity index (χ0) is 22.2. The minimum absolute atomic E-state index is 0.113. The first-order chi connectivity index (χ1) is 14.8. The highest BCUT2D eigenvalue weighted by molar-refractivity contribution is 7.89. The van der Waals surface area contributed by atoms with Crippen LogP contribution in [0.3, 0.4) is 0 Å². The molecule has 4 rings (SSSR count). The molecule has 0 radical (unpaired) electrons. The summed E-state index contributed by atoms with van der Waals surface area (Å²) in [5, 5.41) is 3.22. The van der Waals surface area contributed by atoms with Crippen molar-refractivity contribution in [2.75, 3.05) is 13.1 Å². The van der Waals surface area contributed by atoms with Crippen LogP contribution in [0, 0.1) is 5.92 Å². The van der Waals surface area contributed by atoms with Crippen molar-refractivity contribution in [2.24, 2.45) is 5.92 Å². The van der Waals surface area contributed by atoms with E-state index in [4.69, 9.17) is 11.6 Å². The third kappa shape index (κ3) is 4.66. The van der Waals surface area contributed by atoms with Gasteiger partial charge in [0, 0.05) is 13.1 Å². The summed E-state index contributed by atoms with van der Waals surface area (Å²) in [6.45, 7) is 5.07. The maximum Gasteiger partial charge on any atom is 0.253 e. The van der Waals surface area contributed by atoms with E-state index in [0.717, 1.165) is 31.2 Å². The zero-order valence-corrected chi connectivity index (χ0v) is 19.6. The van der Waals surface area contributed by atoms with Gasteiger partial charge in [-0.1, -0.05) is 36.7 Å². The van der Waals surface area contributed by atoms with Crippen LogP contribution in [-0.4, -0.2) is 31.7 Å². The SMILES string of the molecule is CC1CCN(S(=O)(=O)c2ccc(Cl)c(C(=O)N[C@H](C)c3ccc4c(c3)CCC4)c2)CC1. The average Bonchev–Trinajstić information content (AvgIpc) is 3.22. The number of carbonyl (C=O) groups is 1. The van der Waals surface area contributed by atoms with Crippen LogP contribution in [-0.2, 0) is 22.9 Å². The lowest BCUT2D eigenvalue weighted by Gasteiger charge is -2.29. The van der Waals surface area contributed by atoms with Crippen LogP contribution in [0.1, 0.15) is 66.2 Å². The highest BCUT2D eigenvalue weighted by Crippen LogP contribution is 2.28. The van der Waals surface area contributed by atoms with Gasteiger partial charge in [0.25, 0.3) is 5.91 Å². The summed E-state index contributed by atoms with van der Waals surface area (Å²) in [6, 6.07) is 10.5. The number of sulfonamides is 1. The second-order valence-electron chi connectivity index (χ2n) is 8.81. The van der Waals surface area contributed by atoms with Gasteiger partial charge in [0.05, 0.1) is 21.5 Å². The summed E-state index contributed by atoms with van der Waals surface area (Å²) >= 11 is 6.28. The van der Waals surface area contributed by atoms with E-state index in [1.54, 1.807) is 0 Å². The molecule has 7 heteroatoms. The molecule has 2 aromatic carbocycles. The van der Waals surface area contributed by atoms with Crippen LogP contribution in [0.15, 0.2) is 41.3 Å². The molecule has 2 aromatic rings. The molecule has 0 unspecified atom stereocenters. The Labute approximate surface area is 189 Å². The molecule has 31 heavy (non-hydrogen) atoms. The molecule has 0 bridgehead atoms. The molecule has 1 fully saturated rings. The first kappa shape index (κ1) is 22.3. The number of amides is 1. The molecular formula is C24H29ClN2O3S. The largest absolute Gasteiger partial charge is 0.345 e. The second-order valence-corrected chi connectivity index (χ2v) is 11.2. The number of benzene rings is 2. The van der Waals surface area contributed by atoms with Gasteiger partial charge in [-0.15, -0.1) is 0 Å². The van der Waals surface area contributed by atoms with Gasteiger partial charge in [0.1, 0.15) is 0 Å². The Bertz CT molecular complexity index is 1090. The number of hydrogen-bond acceptors (Lipinski definition) is 3. The highest BCUT2D eigenvalue weighted by Gasteiger charge is 2.29. The number of halogens is 1. The molecule has 1 aliphatic heterocycles. The molecule has 1 aliphatic carbocycles. The lowest BCUT2D eigenvalue weighted by molar-refractivity contribution is 0.0940. The van der Waals surface area contributed by atoms with Crippen LogP contribution in [0.5, 0.6) is 0 Å². The second kappa shape index (κ2) is 8.93. The van der Waals surface area contributed by atoms with E-state index in [0.29, 0.717) is 19.0 Å². The first-order valence-electron chi connectivity index (χ1n) is 11.0. The Morgan fingerprint density at radius 3 is 2.55 bits per heavy atom. The summed E-state index contributed by atoms with van der Waals surface area (Å²) in [6.07, 6.45) is 5.05. The van der Waals surface area contributed by atoms with E-state index >= 15 is 0 Å². The third-order valence-electron chi connectivity index (χ3n) is 6.53. The summed E-state index contributed by atoms with van der Waals surface area (Å²) < 4.78 is 27.7. The molecule has 1 amide bonds. The first-order valence-corrected chi connectivity index (χ1v) is 12.8. The fraction of sp³-hybridized carbons (Fsp3) is 0.458. The average molecular weight is 461 g/mol. The lowest BCUT2D eigenvalue weighted by Crippen LogP contribution is -2.38. The maximum atomic E-state index is 13.1. The van der Waals surface area contributed by atoms with Crippen molar-refractivity contribution in [3.8, 4) is 0 Å². The van der Waals surface area contributed by atoms with E-state index in [1.807, 2.05) is 6.92 Å². The number of hydrogen-bond donors (Lipinski definition) is 1. The van der Waals surface area contributed by atoms with Crippen LogP contribution in [0.4, 0.5) is 0 Å². The molecule has 0 aromatic heterocycles. The molecule has 1 saturated heterocycles. The van der Waals surface area contributed by atoms with Crippen molar-refractivity contribution in [3.05, 3.63) is 63.7 Å². The Morgan fingerprint density at radius 2 is 1.81 bits per heavy atom. The predicted octanol–water partition coefficient (Wildman–Crippen LogP) is 4.74. The summed E-state index contributed by atoms with van der Waals surface area (Å²) in [5.41, 5.74) is 3.95. The number of piperidine rings is 1. The minimum atomic E-state index is -3.65. The molecule has 0 spiro atoms. The van der Waals surface area contributed by atoms with Crippen molar-refractivity contribution < 1.29 is 13.2 Å². The van der Waals surface area contributed by atoms with Gasteiger partial charge in [0.2, 0.25) is 10.0 Å². The summed E-state index contributed by atoms with van der Waals surface area (Å²) in [7, 11) is -3.65. The van der Waals surface area contributed by atoms with Crippen LogP contribution in [0.25, 0.3) is 0 Å².